The van der Waals surface area contributed by atoms with Gasteiger partial charge in [-0.15, -0.1) is 0 Å². The van der Waals surface area contributed by atoms with Gasteiger partial charge in [0.15, 0.2) is 5.82 Å². The molecule has 2 aromatic heterocycles. The molecule has 38 heavy (non-hydrogen) atoms. The summed E-state index contributed by atoms with van der Waals surface area (Å²) in [7, 11) is 5.69. The monoisotopic (exact) mass is 526 g/mol. The maximum atomic E-state index is 12.4. The van der Waals surface area contributed by atoms with Crippen molar-refractivity contribution in [3.05, 3.63) is 95.4 Å². The number of aryl methyl sites for hydroxylation is 1. The first-order chi connectivity index (χ1) is 18.4. The lowest BCUT2D eigenvalue weighted by Gasteiger charge is -2.13. The minimum absolute atomic E-state index is 0.232. The third-order valence-corrected chi connectivity index (χ3v) is 5.38. The Morgan fingerprint density at radius 1 is 1.08 bits per heavy atom. The van der Waals surface area contributed by atoms with Crippen LogP contribution in [0.15, 0.2) is 79.3 Å². The van der Waals surface area contributed by atoms with E-state index in [1.807, 2.05) is 68.6 Å². The quantitative estimate of drug-likeness (QED) is 0.224. The van der Waals surface area contributed by atoms with Crippen LogP contribution in [0, 0.1) is 11.8 Å². The molecule has 0 bridgehead atoms. The van der Waals surface area contributed by atoms with Gasteiger partial charge >= 0.3 is 0 Å². The van der Waals surface area contributed by atoms with Gasteiger partial charge in [-0.1, -0.05) is 47.7 Å². The van der Waals surface area contributed by atoms with Crippen LogP contribution in [0.1, 0.15) is 11.1 Å². The summed E-state index contributed by atoms with van der Waals surface area (Å²) in [5.41, 5.74) is 3.53. The molecule has 0 unspecified atom stereocenters. The molecule has 0 saturated heterocycles. The summed E-state index contributed by atoms with van der Waals surface area (Å²) in [5, 5.41) is 13.7. The number of amides is 1. The molecule has 0 radical (unpaired) electrons. The summed E-state index contributed by atoms with van der Waals surface area (Å²) in [6, 6.07) is 15.1. The van der Waals surface area contributed by atoms with Crippen molar-refractivity contribution < 1.29 is 4.79 Å². The summed E-state index contributed by atoms with van der Waals surface area (Å²) in [5.74, 6) is 6.85. The van der Waals surface area contributed by atoms with Crippen LogP contribution in [-0.2, 0) is 11.8 Å². The number of hydrogen-bond acceptors (Lipinski definition) is 7. The van der Waals surface area contributed by atoms with Crippen LogP contribution in [0.4, 0.5) is 28.8 Å². The first kappa shape index (κ1) is 26.4. The summed E-state index contributed by atoms with van der Waals surface area (Å²) in [6.07, 6.45) is 8.29. The number of hydrogen-bond donors (Lipinski definition) is 3. The molecule has 0 aliphatic rings. The Kier molecular flexibility index (Phi) is 8.72. The predicted molar refractivity (Wildman–Crippen MR) is 152 cm³/mol. The van der Waals surface area contributed by atoms with Crippen molar-refractivity contribution in [3.8, 4) is 11.8 Å². The van der Waals surface area contributed by atoms with Crippen molar-refractivity contribution in [1.82, 2.24) is 24.6 Å². The highest BCUT2D eigenvalue weighted by molar-refractivity contribution is 6.33. The number of benzene rings is 2. The molecular weight excluding hydrogens is 500 g/mol. The molecular formula is C28H27ClN8O. The average Bonchev–Trinajstić information content (AvgIpc) is 3.30. The van der Waals surface area contributed by atoms with Gasteiger partial charge in [-0.25, -0.2) is 4.98 Å². The number of nitrogens with one attached hydrogen (secondary N) is 3. The number of rotatable bonds is 8. The first-order valence-corrected chi connectivity index (χ1v) is 12.1. The molecule has 0 fully saturated rings. The van der Waals surface area contributed by atoms with Gasteiger partial charge in [-0.05, 0) is 44.4 Å². The van der Waals surface area contributed by atoms with Crippen LogP contribution >= 0.6 is 11.6 Å². The first-order valence-electron chi connectivity index (χ1n) is 11.7. The number of likely N-dealkylation sites (N-methyl/N-ethyl adjacent to an activating group) is 1. The highest BCUT2D eigenvalue weighted by Gasteiger charge is 2.11. The van der Waals surface area contributed by atoms with Crippen molar-refractivity contribution in [2.75, 3.05) is 36.6 Å². The van der Waals surface area contributed by atoms with Crippen LogP contribution in [-0.4, -0.2) is 51.2 Å². The second kappa shape index (κ2) is 12.5. The Balaban J connectivity index is 1.63. The van der Waals surface area contributed by atoms with Crippen LogP contribution < -0.4 is 16.0 Å². The highest BCUT2D eigenvalue weighted by Crippen LogP contribution is 2.28. The standard InChI is InChI=1S/C28H27ClN8O/c1-36(2)15-7-10-26(38)32-22-14-13-21(12-11-20-8-5-4-6-9-20)25(16-22)34-27-24(29)18-30-28(35-27)33-23-17-31-37(3)19-23/h4-10,13-14,16-19H,15H2,1-3H3,(H,32,38)(H2,30,33,34,35)/b10-7+. The minimum atomic E-state index is -0.232. The van der Waals surface area contributed by atoms with Gasteiger partial charge in [0, 0.05) is 42.7 Å². The molecule has 0 aliphatic carbocycles. The number of aromatic nitrogens is 4. The molecule has 0 aliphatic heterocycles. The Labute approximate surface area is 226 Å². The Hall–Kier alpha value is -4.65. The second-order valence-electron chi connectivity index (χ2n) is 8.57. The lowest BCUT2D eigenvalue weighted by Crippen LogP contribution is -2.13. The van der Waals surface area contributed by atoms with Gasteiger partial charge in [0.2, 0.25) is 11.9 Å². The predicted octanol–water partition coefficient (Wildman–Crippen LogP) is 4.81. The van der Waals surface area contributed by atoms with Gasteiger partial charge in [0.1, 0.15) is 5.02 Å². The number of carbonyl (C=O) groups is 1. The minimum Gasteiger partial charge on any atom is -0.338 e. The molecule has 2 aromatic carbocycles. The Bertz CT molecular complexity index is 1500. The normalized spacial score (nSPS) is 10.8. The van der Waals surface area contributed by atoms with Crippen LogP contribution in [0.25, 0.3) is 0 Å². The molecule has 9 nitrogen and oxygen atoms in total. The summed E-state index contributed by atoms with van der Waals surface area (Å²) >= 11 is 6.43. The van der Waals surface area contributed by atoms with Crippen LogP contribution in [0.5, 0.6) is 0 Å². The number of carbonyl (C=O) groups excluding carboxylic acids is 1. The van der Waals surface area contributed by atoms with E-state index < -0.39 is 0 Å². The third kappa shape index (κ3) is 7.67. The molecule has 4 aromatic rings. The topological polar surface area (TPSA) is 100 Å². The van der Waals surface area contributed by atoms with Gasteiger partial charge in [0.05, 0.1) is 23.8 Å². The van der Waals surface area contributed by atoms with E-state index in [9.17, 15) is 4.79 Å². The molecule has 192 valence electrons. The van der Waals surface area contributed by atoms with Crippen molar-refractivity contribution in [3.63, 3.8) is 0 Å². The van der Waals surface area contributed by atoms with E-state index in [4.69, 9.17) is 11.6 Å². The van der Waals surface area contributed by atoms with Crippen molar-refractivity contribution >= 4 is 46.3 Å². The molecule has 0 atom stereocenters. The van der Waals surface area contributed by atoms with Crippen LogP contribution in [0.3, 0.4) is 0 Å². The van der Waals surface area contributed by atoms with Crippen molar-refractivity contribution in [2.24, 2.45) is 7.05 Å². The molecule has 2 heterocycles. The zero-order chi connectivity index (χ0) is 26.9. The second-order valence-corrected chi connectivity index (χ2v) is 8.98. The fourth-order valence-corrected chi connectivity index (χ4v) is 3.45. The number of anilines is 5. The SMILES string of the molecule is CN(C)C/C=C/C(=O)Nc1ccc(C#Cc2ccccc2)c(Nc2nc(Nc3cnn(C)c3)ncc2Cl)c1. The maximum absolute atomic E-state index is 12.4. The van der Waals surface area contributed by atoms with E-state index in [1.165, 1.54) is 12.3 Å². The number of halogens is 1. The zero-order valence-electron chi connectivity index (χ0n) is 21.2. The lowest BCUT2D eigenvalue weighted by molar-refractivity contribution is -0.111. The Morgan fingerprint density at radius 3 is 2.63 bits per heavy atom. The summed E-state index contributed by atoms with van der Waals surface area (Å²) in [4.78, 5) is 23.2. The van der Waals surface area contributed by atoms with E-state index in [-0.39, 0.29) is 5.91 Å². The van der Waals surface area contributed by atoms with E-state index in [1.54, 1.807) is 29.1 Å². The molecule has 0 saturated carbocycles. The van der Waals surface area contributed by atoms with Gasteiger partial charge in [-0.3, -0.25) is 9.48 Å². The molecule has 1 amide bonds. The van der Waals surface area contributed by atoms with E-state index in [0.29, 0.717) is 40.3 Å². The fraction of sp³-hybridized carbons (Fsp3) is 0.143. The third-order valence-electron chi connectivity index (χ3n) is 5.10. The van der Waals surface area contributed by atoms with Crippen LogP contribution in [0.2, 0.25) is 5.02 Å². The molecule has 3 N–H and O–H groups in total. The van der Waals surface area contributed by atoms with Gasteiger partial charge in [0.25, 0.3) is 0 Å². The highest BCUT2D eigenvalue weighted by atomic mass is 35.5. The van der Waals surface area contributed by atoms with Gasteiger partial charge < -0.3 is 20.9 Å². The van der Waals surface area contributed by atoms with Crippen molar-refractivity contribution in [2.45, 2.75) is 0 Å². The van der Waals surface area contributed by atoms with E-state index in [0.717, 1.165) is 11.3 Å². The van der Waals surface area contributed by atoms with E-state index in [2.05, 4.69) is 42.9 Å². The summed E-state index contributed by atoms with van der Waals surface area (Å²) < 4.78 is 1.67. The van der Waals surface area contributed by atoms with Crippen molar-refractivity contribution in [1.29, 1.82) is 0 Å². The smallest absolute Gasteiger partial charge is 0.248 e. The average molecular weight is 527 g/mol. The van der Waals surface area contributed by atoms with E-state index >= 15 is 0 Å². The van der Waals surface area contributed by atoms with Gasteiger partial charge in [-0.2, -0.15) is 10.1 Å². The number of nitrogens with zero attached hydrogens (tertiary/aromatic N) is 5. The zero-order valence-corrected chi connectivity index (χ0v) is 22.0. The molecule has 0 spiro atoms. The fourth-order valence-electron chi connectivity index (χ4n) is 3.31. The Morgan fingerprint density at radius 2 is 1.89 bits per heavy atom. The lowest BCUT2D eigenvalue weighted by atomic mass is 10.1. The largest absolute Gasteiger partial charge is 0.338 e. The maximum Gasteiger partial charge on any atom is 0.248 e. The molecule has 10 heteroatoms. The molecule has 4 rings (SSSR count). The summed E-state index contributed by atoms with van der Waals surface area (Å²) in [6.45, 7) is 0.663.